The second-order valence-corrected chi connectivity index (χ2v) is 7.09. The third-order valence-corrected chi connectivity index (χ3v) is 4.04. The third kappa shape index (κ3) is 7.02. The molecule has 1 heterocycles. The zero-order valence-electron chi connectivity index (χ0n) is 14.2. The molecule has 1 rings (SSSR count). The van der Waals surface area contributed by atoms with Gasteiger partial charge in [-0.05, 0) is 53.5 Å². The fourth-order valence-corrected chi connectivity index (χ4v) is 2.96. The summed E-state index contributed by atoms with van der Waals surface area (Å²) in [5.41, 5.74) is 0.301. The molecule has 120 valence electrons. The number of ether oxygens (including phenoxy) is 1. The van der Waals surface area contributed by atoms with Gasteiger partial charge < -0.3 is 19.9 Å². The summed E-state index contributed by atoms with van der Waals surface area (Å²) < 4.78 is 5.79. The van der Waals surface area contributed by atoms with Crippen molar-refractivity contribution in [2.75, 3.05) is 60.5 Å². The van der Waals surface area contributed by atoms with Crippen molar-refractivity contribution in [2.24, 2.45) is 5.41 Å². The van der Waals surface area contributed by atoms with Crippen LogP contribution in [0, 0.1) is 5.41 Å². The third-order valence-electron chi connectivity index (χ3n) is 4.04. The van der Waals surface area contributed by atoms with Gasteiger partial charge in [-0.15, -0.1) is 0 Å². The molecule has 0 saturated carbocycles. The van der Waals surface area contributed by atoms with Gasteiger partial charge in [-0.2, -0.15) is 0 Å². The molecule has 0 spiro atoms. The Morgan fingerprint density at radius 1 is 1.20 bits per heavy atom. The van der Waals surface area contributed by atoms with Crippen LogP contribution in [0.5, 0.6) is 0 Å². The maximum Gasteiger partial charge on any atom is 0.0546 e. The van der Waals surface area contributed by atoms with Crippen LogP contribution in [-0.4, -0.2) is 76.4 Å². The summed E-state index contributed by atoms with van der Waals surface area (Å²) in [5, 5.41) is 3.62. The molecule has 0 radical (unpaired) electrons. The van der Waals surface area contributed by atoms with Crippen LogP contribution < -0.4 is 5.32 Å². The lowest BCUT2D eigenvalue weighted by Crippen LogP contribution is -2.49. The quantitative estimate of drug-likeness (QED) is 0.697. The molecule has 1 atom stereocenters. The van der Waals surface area contributed by atoms with Gasteiger partial charge in [0.15, 0.2) is 0 Å². The molecule has 1 saturated heterocycles. The largest absolute Gasteiger partial charge is 0.381 e. The minimum absolute atomic E-state index is 0.301. The van der Waals surface area contributed by atoms with Crippen LogP contribution in [0.15, 0.2) is 0 Å². The van der Waals surface area contributed by atoms with Crippen molar-refractivity contribution in [3.8, 4) is 0 Å². The highest BCUT2D eigenvalue weighted by atomic mass is 16.5. The van der Waals surface area contributed by atoms with Gasteiger partial charge in [-0.1, -0.05) is 13.8 Å². The minimum Gasteiger partial charge on any atom is -0.381 e. The maximum atomic E-state index is 5.79. The molecule has 0 amide bonds. The van der Waals surface area contributed by atoms with E-state index in [2.05, 4.69) is 50.1 Å². The first kappa shape index (κ1) is 17.9. The Hall–Kier alpha value is -0.160. The van der Waals surface area contributed by atoms with E-state index in [-0.39, 0.29) is 0 Å². The van der Waals surface area contributed by atoms with Crippen molar-refractivity contribution < 1.29 is 4.74 Å². The molecular weight excluding hydrogens is 250 g/mol. The lowest BCUT2D eigenvalue weighted by Gasteiger charge is -2.40. The average molecular weight is 285 g/mol. The zero-order chi connectivity index (χ0) is 15.0. The standard InChI is InChI=1S/C16H35N3O/c1-15(2)17-12-16(8-6-11-20-14-16)13-19(5)10-7-9-18(3)4/h15,17H,6-14H2,1-5H3. The molecule has 0 aromatic rings. The molecule has 1 unspecified atom stereocenters. The highest BCUT2D eigenvalue weighted by Gasteiger charge is 2.33. The fourth-order valence-electron chi connectivity index (χ4n) is 2.96. The molecule has 1 aliphatic rings. The van der Waals surface area contributed by atoms with E-state index in [0.717, 1.165) is 32.8 Å². The lowest BCUT2D eigenvalue weighted by atomic mass is 9.81. The van der Waals surface area contributed by atoms with Crippen LogP contribution in [0.25, 0.3) is 0 Å². The Labute approximate surface area is 125 Å². The first-order chi connectivity index (χ1) is 9.43. The van der Waals surface area contributed by atoms with Crippen molar-refractivity contribution in [2.45, 2.75) is 39.2 Å². The van der Waals surface area contributed by atoms with E-state index in [1.165, 1.54) is 25.8 Å². The van der Waals surface area contributed by atoms with Crippen LogP contribution in [0.2, 0.25) is 0 Å². The summed E-state index contributed by atoms with van der Waals surface area (Å²) in [6.07, 6.45) is 3.72. The summed E-state index contributed by atoms with van der Waals surface area (Å²) in [7, 11) is 6.54. The van der Waals surface area contributed by atoms with Crippen LogP contribution in [0.4, 0.5) is 0 Å². The Kier molecular flexibility index (Phi) is 8.03. The number of nitrogens with zero attached hydrogens (tertiary/aromatic N) is 2. The molecule has 1 fully saturated rings. The van der Waals surface area contributed by atoms with Gasteiger partial charge in [0.1, 0.15) is 0 Å². The van der Waals surface area contributed by atoms with Gasteiger partial charge in [0.2, 0.25) is 0 Å². The van der Waals surface area contributed by atoms with E-state index in [4.69, 9.17) is 4.74 Å². The van der Waals surface area contributed by atoms with E-state index in [9.17, 15) is 0 Å². The Bertz CT molecular complexity index is 250. The highest BCUT2D eigenvalue weighted by molar-refractivity contribution is 4.87. The van der Waals surface area contributed by atoms with Gasteiger partial charge in [0.05, 0.1) is 6.61 Å². The Morgan fingerprint density at radius 2 is 1.95 bits per heavy atom. The van der Waals surface area contributed by atoms with E-state index >= 15 is 0 Å². The van der Waals surface area contributed by atoms with Crippen molar-refractivity contribution in [3.63, 3.8) is 0 Å². The maximum absolute atomic E-state index is 5.79. The number of hydrogen-bond donors (Lipinski definition) is 1. The van der Waals surface area contributed by atoms with Crippen molar-refractivity contribution in [1.29, 1.82) is 0 Å². The average Bonchev–Trinajstić information content (AvgIpc) is 2.37. The zero-order valence-corrected chi connectivity index (χ0v) is 14.2. The lowest BCUT2D eigenvalue weighted by molar-refractivity contribution is -0.0237. The summed E-state index contributed by atoms with van der Waals surface area (Å²) in [6.45, 7) is 10.8. The van der Waals surface area contributed by atoms with Crippen LogP contribution in [-0.2, 0) is 4.74 Å². The van der Waals surface area contributed by atoms with Crippen molar-refractivity contribution in [3.05, 3.63) is 0 Å². The predicted molar refractivity (Wildman–Crippen MR) is 86.3 cm³/mol. The molecule has 1 aliphatic heterocycles. The number of nitrogens with one attached hydrogen (secondary N) is 1. The summed E-state index contributed by atoms with van der Waals surface area (Å²) >= 11 is 0. The normalized spacial score (nSPS) is 24.0. The van der Waals surface area contributed by atoms with E-state index in [1.807, 2.05) is 0 Å². The first-order valence-corrected chi connectivity index (χ1v) is 8.08. The summed E-state index contributed by atoms with van der Waals surface area (Å²) in [4.78, 5) is 4.74. The predicted octanol–water partition coefficient (Wildman–Crippen LogP) is 1.66. The minimum atomic E-state index is 0.301. The van der Waals surface area contributed by atoms with Gasteiger partial charge in [-0.25, -0.2) is 0 Å². The van der Waals surface area contributed by atoms with E-state index < -0.39 is 0 Å². The first-order valence-electron chi connectivity index (χ1n) is 8.08. The number of rotatable bonds is 9. The fraction of sp³-hybridized carbons (Fsp3) is 1.00. The van der Waals surface area contributed by atoms with E-state index in [0.29, 0.717) is 11.5 Å². The van der Waals surface area contributed by atoms with Gasteiger partial charge in [0, 0.05) is 31.2 Å². The Morgan fingerprint density at radius 3 is 2.50 bits per heavy atom. The highest BCUT2D eigenvalue weighted by Crippen LogP contribution is 2.29. The molecular formula is C16H35N3O. The molecule has 20 heavy (non-hydrogen) atoms. The second-order valence-electron chi connectivity index (χ2n) is 7.09. The Balaban J connectivity index is 2.42. The van der Waals surface area contributed by atoms with Crippen LogP contribution in [0.1, 0.15) is 33.1 Å². The van der Waals surface area contributed by atoms with Crippen LogP contribution >= 0.6 is 0 Å². The molecule has 0 aliphatic carbocycles. The summed E-state index contributed by atoms with van der Waals surface area (Å²) in [5.74, 6) is 0. The smallest absolute Gasteiger partial charge is 0.0546 e. The van der Waals surface area contributed by atoms with Gasteiger partial charge in [0.25, 0.3) is 0 Å². The topological polar surface area (TPSA) is 27.7 Å². The summed E-state index contributed by atoms with van der Waals surface area (Å²) in [6, 6.07) is 0.549. The molecule has 0 aromatic heterocycles. The molecule has 1 N–H and O–H groups in total. The van der Waals surface area contributed by atoms with Gasteiger partial charge in [-0.3, -0.25) is 0 Å². The van der Waals surface area contributed by atoms with Crippen molar-refractivity contribution in [1.82, 2.24) is 15.1 Å². The molecule has 0 aromatic carbocycles. The monoisotopic (exact) mass is 285 g/mol. The SMILES string of the molecule is CC(C)NCC1(CN(C)CCCN(C)C)CCCOC1. The second kappa shape index (κ2) is 8.98. The van der Waals surface area contributed by atoms with E-state index in [1.54, 1.807) is 0 Å². The van der Waals surface area contributed by atoms with Crippen LogP contribution in [0.3, 0.4) is 0 Å². The van der Waals surface area contributed by atoms with Crippen molar-refractivity contribution >= 4 is 0 Å². The molecule has 0 bridgehead atoms. The molecule has 4 heteroatoms. The van der Waals surface area contributed by atoms with Gasteiger partial charge >= 0.3 is 0 Å². The number of hydrogen-bond acceptors (Lipinski definition) is 4. The molecule has 4 nitrogen and oxygen atoms in total.